The molecule has 0 aliphatic rings. The first-order valence-electron chi connectivity index (χ1n) is 6.82. The predicted octanol–water partition coefficient (Wildman–Crippen LogP) is 3.74. The lowest BCUT2D eigenvalue weighted by Crippen LogP contribution is -2.05. The summed E-state index contributed by atoms with van der Waals surface area (Å²) in [6.45, 7) is 4.00. The molecule has 2 aromatic heterocycles. The van der Waals surface area contributed by atoms with Gasteiger partial charge in [0.1, 0.15) is 12.1 Å². The van der Waals surface area contributed by atoms with Gasteiger partial charge < -0.3 is 10.4 Å². The zero-order valence-corrected chi connectivity index (χ0v) is 13.0. The minimum Gasteiger partial charge on any atom is -0.508 e. The molecule has 0 unspecified atom stereocenters. The Kier molecular flexibility index (Phi) is 4.16. The summed E-state index contributed by atoms with van der Waals surface area (Å²) in [6.07, 6.45) is 4.67. The first-order chi connectivity index (χ1) is 11.1. The Morgan fingerprint density at radius 3 is 2.70 bits per heavy atom. The zero-order valence-electron chi connectivity index (χ0n) is 12.2. The average Bonchev–Trinajstić information content (AvgIpc) is 3.03. The summed E-state index contributed by atoms with van der Waals surface area (Å²) in [5, 5.41) is 23.0. The smallest absolute Gasteiger partial charge is 0.116 e. The van der Waals surface area contributed by atoms with Crippen LogP contribution in [0.3, 0.4) is 0 Å². The number of anilines is 1. The number of hydrogen-bond acceptors (Lipinski definition) is 6. The summed E-state index contributed by atoms with van der Waals surface area (Å²) < 4.78 is 0. The highest BCUT2D eigenvalue weighted by atomic mass is 32.1. The number of nitrogens with zero attached hydrogens (tertiary/aromatic N) is 2. The van der Waals surface area contributed by atoms with Crippen molar-refractivity contribution < 1.29 is 5.11 Å². The van der Waals surface area contributed by atoms with Gasteiger partial charge in [0.2, 0.25) is 0 Å². The number of phenolic OH excluding ortho intramolecular Hbond substituents is 1. The summed E-state index contributed by atoms with van der Waals surface area (Å²) in [4.78, 5) is 8.68. The standard InChI is InChI=1S/C17H14N4OS/c1-11(12-3-2-4-14(22)7-12)21-15-5-6-23-17(15)16(18)13-8-19-10-20-9-13/h2-10,18,21-22H,1H2. The van der Waals surface area contributed by atoms with Crippen LogP contribution in [0.15, 0.2) is 61.0 Å². The third kappa shape index (κ3) is 3.27. The van der Waals surface area contributed by atoms with Gasteiger partial charge in [-0.3, -0.25) is 5.41 Å². The molecule has 23 heavy (non-hydrogen) atoms. The Labute approximate surface area is 137 Å². The van der Waals surface area contributed by atoms with Crippen molar-refractivity contribution in [2.45, 2.75) is 0 Å². The van der Waals surface area contributed by atoms with E-state index in [1.807, 2.05) is 17.5 Å². The summed E-state index contributed by atoms with van der Waals surface area (Å²) >= 11 is 1.46. The lowest BCUT2D eigenvalue weighted by Gasteiger charge is -2.11. The van der Waals surface area contributed by atoms with Crippen molar-refractivity contribution in [2.75, 3.05) is 5.32 Å². The summed E-state index contributed by atoms with van der Waals surface area (Å²) in [7, 11) is 0. The molecule has 6 heteroatoms. The van der Waals surface area contributed by atoms with Crippen LogP contribution >= 0.6 is 11.3 Å². The molecular formula is C17H14N4OS. The number of nitrogens with one attached hydrogen (secondary N) is 2. The van der Waals surface area contributed by atoms with Crippen molar-refractivity contribution in [2.24, 2.45) is 0 Å². The monoisotopic (exact) mass is 322 g/mol. The third-order valence-corrected chi connectivity index (χ3v) is 4.15. The molecule has 0 atom stereocenters. The van der Waals surface area contributed by atoms with Gasteiger partial charge in [-0.05, 0) is 23.6 Å². The van der Waals surface area contributed by atoms with E-state index in [1.54, 1.807) is 30.6 Å². The SMILES string of the molecule is C=C(Nc1ccsc1C(=N)c1cncnc1)c1cccc(O)c1. The van der Waals surface area contributed by atoms with Crippen molar-refractivity contribution in [1.82, 2.24) is 9.97 Å². The fourth-order valence-electron chi connectivity index (χ4n) is 2.09. The molecule has 0 bridgehead atoms. The minimum absolute atomic E-state index is 0.185. The summed E-state index contributed by atoms with van der Waals surface area (Å²) in [5.41, 5.74) is 3.24. The van der Waals surface area contributed by atoms with Crippen LogP contribution < -0.4 is 5.32 Å². The van der Waals surface area contributed by atoms with Crippen LogP contribution in [0.5, 0.6) is 5.75 Å². The van der Waals surface area contributed by atoms with E-state index in [0.717, 1.165) is 16.1 Å². The fraction of sp³-hybridized carbons (Fsp3) is 0. The van der Waals surface area contributed by atoms with E-state index < -0.39 is 0 Å². The van der Waals surface area contributed by atoms with Gasteiger partial charge in [0.15, 0.2) is 0 Å². The van der Waals surface area contributed by atoms with E-state index in [0.29, 0.717) is 17.0 Å². The van der Waals surface area contributed by atoms with Crippen molar-refractivity contribution >= 4 is 28.4 Å². The molecule has 0 aliphatic carbocycles. The normalized spacial score (nSPS) is 10.3. The summed E-state index contributed by atoms with van der Waals surface area (Å²) in [6, 6.07) is 8.76. The van der Waals surface area contributed by atoms with Gasteiger partial charge >= 0.3 is 0 Å². The van der Waals surface area contributed by atoms with Crippen molar-refractivity contribution in [3.05, 3.63) is 77.0 Å². The van der Waals surface area contributed by atoms with Crippen LogP contribution in [0.25, 0.3) is 5.70 Å². The molecule has 2 heterocycles. The number of thiophene rings is 1. The van der Waals surface area contributed by atoms with Crippen LogP contribution in [-0.2, 0) is 0 Å². The second-order valence-corrected chi connectivity index (χ2v) is 5.74. The van der Waals surface area contributed by atoms with E-state index in [4.69, 9.17) is 5.41 Å². The molecule has 0 aliphatic heterocycles. The molecule has 1 aromatic carbocycles. The molecular weight excluding hydrogens is 308 g/mol. The van der Waals surface area contributed by atoms with Crippen LogP contribution in [0.4, 0.5) is 5.69 Å². The van der Waals surface area contributed by atoms with Gasteiger partial charge in [0.25, 0.3) is 0 Å². The Hall–Kier alpha value is -2.99. The maximum Gasteiger partial charge on any atom is 0.116 e. The average molecular weight is 322 g/mol. The first-order valence-corrected chi connectivity index (χ1v) is 7.70. The van der Waals surface area contributed by atoms with Crippen LogP contribution in [-0.4, -0.2) is 20.8 Å². The molecule has 0 spiro atoms. The van der Waals surface area contributed by atoms with Gasteiger partial charge in [0, 0.05) is 29.2 Å². The highest BCUT2D eigenvalue weighted by molar-refractivity contribution is 7.13. The molecule has 3 N–H and O–H groups in total. The van der Waals surface area contributed by atoms with Gasteiger partial charge in [-0.15, -0.1) is 11.3 Å². The van der Waals surface area contributed by atoms with Crippen LogP contribution in [0.1, 0.15) is 16.0 Å². The Balaban J connectivity index is 1.84. The van der Waals surface area contributed by atoms with Crippen LogP contribution in [0.2, 0.25) is 0 Å². The van der Waals surface area contributed by atoms with Gasteiger partial charge in [-0.1, -0.05) is 18.7 Å². The predicted molar refractivity (Wildman–Crippen MR) is 93.0 cm³/mol. The number of phenols is 1. The van der Waals surface area contributed by atoms with Crippen molar-refractivity contribution in [1.29, 1.82) is 5.41 Å². The van der Waals surface area contributed by atoms with E-state index >= 15 is 0 Å². The molecule has 3 aromatic rings. The Bertz CT molecular complexity index is 858. The van der Waals surface area contributed by atoms with Gasteiger partial charge in [-0.2, -0.15) is 0 Å². The van der Waals surface area contributed by atoms with E-state index in [2.05, 4.69) is 21.9 Å². The fourth-order valence-corrected chi connectivity index (χ4v) is 2.91. The van der Waals surface area contributed by atoms with Crippen molar-refractivity contribution in [3.8, 4) is 5.75 Å². The zero-order chi connectivity index (χ0) is 16.2. The quantitative estimate of drug-likeness (QED) is 0.625. The number of aromatic nitrogens is 2. The number of benzene rings is 1. The Morgan fingerprint density at radius 2 is 1.96 bits per heavy atom. The van der Waals surface area contributed by atoms with E-state index in [-0.39, 0.29) is 5.75 Å². The molecule has 0 saturated heterocycles. The maximum absolute atomic E-state index is 9.56. The Morgan fingerprint density at radius 1 is 1.17 bits per heavy atom. The largest absolute Gasteiger partial charge is 0.508 e. The first kappa shape index (κ1) is 14.9. The molecule has 0 radical (unpaired) electrons. The van der Waals surface area contributed by atoms with Crippen LogP contribution in [0, 0.1) is 5.41 Å². The molecule has 0 saturated carbocycles. The third-order valence-electron chi connectivity index (χ3n) is 3.22. The number of aromatic hydroxyl groups is 1. The maximum atomic E-state index is 9.56. The van der Waals surface area contributed by atoms with Crippen molar-refractivity contribution in [3.63, 3.8) is 0 Å². The second-order valence-electron chi connectivity index (χ2n) is 4.82. The number of hydrogen-bond donors (Lipinski definition) is 3. The topological polar surface area (TPSA) is 81.9 Å². The van der Waals surface area contributed by atoms with Gasteiger partial charge in [-0.25, -0.2) is 9.97 Å². The highest BCUT2D eigenvalue weighted by Crippen LogP contribution is 2.28. The number of rotatable bonds is 5. The second kappa shape index (κ2) is 6.41. The lowest BCUT2D eigenvalue weighted by molar-refractivity contribution is 0.475. The molecule has 0 fully saturated rings. The highest BCUT2D eigenvalue weighted by Gasteiger charge is 2.13. The van der Waals surface area contributed by atoms with E-state index in [9.17, 15) is 5.11 Å². The van der Waals surface area contributed by atoms with Gasteiger partial charge in [0.05, 0.1) is 16.3 Å². The molecule has 114 valence electrons. The molecule has 5 nitrogen and oxygen atoms in total. The molecule has 0 amide bonds. The molecule has 3 rings (SSSR count). The van der Waals surface area contributed by atoms with E-state index in [1.165, 1.54) is 17.7 Å². The summed E-state index contributed by atoms with van der Waals surface area (Å²) in [5.74, 6) is 0.185. The minimum atomic E-state index is 0.185. The lowest BCUT2D eigenvalue weighted by atomic mass is 10.1.